The van der Waals surface area contributed by atoms with E-state index in [1.165, 1.54) is 0 Å². The Kier molecular flexibility index (Phi) is 4.32. The van der Waals surface area contributed by atoms with Gasteiger partial charge in [-0.15, -0.1) is 0 Å². The molecule has 0 aromatic carbocycles. The predicted molar refractivity (Wildman–Crippen MR) is 55.6 cm³/mol. The molecule has 5 nitrogen and oxygen atoms in total. The van der Waals surface area contributed by atoms with Crippen molar-refractivity contribution in [1.82, 2.24) is 0 Å². The predicted octanol–water partition coefficient (Wildman–Crippen LogP) is 1.34. The van der Waals surface area contributed by atoms with Crippen molar-refractivity contribution in [1.29, 1.82) is 0 Å². The van der Waals surface area contributed by atoms with Crippen molar-refractivity contribution in [3.63, 3.8) is 0 Å². The van der Waals surface area contributed by atoms with Gasteiger partial charge in [-0.1, -0.05) is 13.8 Å². The summed E-state index contributed by atoms with van der Waals surface area (Å²) in [6, 6.07) is 0. The van der Waals surface area contributed by atoms with Crippen LogP contribution in [0.15, 0.2) is 0 Å². The fourth-order valence-corrected chi connectivity index (χ4v) is 3.42. The van der Waals surface area contributed by atoms with Crippen molar-refractivity contribution in [3.8, 4) is 0 Å². The van der Waals surface area contributed by atoms with Crippen molar-refractivity contribution in [3.05, 3.63) is 0 Å². The quantitative estimate of drug-likeness (QED) is 0.707. The number of rotatable bonds is 5. The normalized spacial score (nSPS) is 19.7. The topological polar surface area (TPSA) is 76.0 Å². The molecule has 1 aliphatic rings. The van der Waals surface area contributed by atoms with Crippen LogP contribution in [0.25, 0.3) is 0 Å². The van der Waals surface area contributed by atoms with E-state index in [1.54, 1.807) is 0 Å². The third-order valence-corrected chi connectivity index (χ3v) is 4.09. The Balaban J connectivity index is 2.80. The van der Waals surface area contributed by atoms with Gasteiger partial charge in [0.15, 0.2) is 6.29 Å². The van der Waals surface area contributed by atoms with Crippen LogP contribution in [0, 0.1) is 5.41 Å². The first kappa shape index (κ1) is 13.1. The summed E-state index contributed by atoms with van der Waals surface area (Å²) in [5.74, 6) is 0. The highest BCUT2D eigenvalue weighted by atomic mass is 31.2. The molecule has 0 radical (unpaired) electrons. The van der Waals surface area contributed by atoms with Gasteiger partial charge in [0, 0.05) is 5.41 Å². The molecule has 2 N–H and O–H groups in total. The first-order chi connectivity index (χ1) is 6.93. The number of ether oxygens (including phenoxy) is 2. The highest BCUT2D eigenvalue weighted by molar-refractivity contribution is 7.51. The zero-order chi connectivity index (χ0) is 11.5. The Morgan fingerprint density at radius 3 is 2.07 bits per heavy atom. The molecule has 0 aromatic rings. The SMILES string of the molecule is CCC(CC)(CP(=O)(O)O)C1OCCO1. The lowest BCUT2D eigenvalue weighted by Gasteiger charge is -2.35. The van der Waals surface area contributed by atoms with E-state index in [9.17, 15) is 4.57 Å². The average molecular weight is 238 g/mol. The van der Waals surface area contributed by atoms with E-state index in [2.05, 4.69) is 0 Å². The minimum absolute atomic E-state index is 0.169. The molecule has 0 aliphatic carbocycles. The molecule has 0 spiro atoms. The minimum Gasteiger partial charge on any atom is -0.350 e. The van der Waals surface area contributed by atoms with E-state index in [-0.39, 0.29) is 6.16 Å². The van der Waals surface area contributed by atoms with Gasteiger partial charge in [-0.2, -0.15) is 0 Å². The number of hydrogen-bond acceptors (Lipinski definition) is 3. The summed E-state index contributed by atoms with van der Waals surface area (Å²) in [6.07, 6.45) is 0.635. The average Bonchev–Trinajstić information content (AvgIpc) is 2.66. The molecule has 1 rings (SSSR count). The van der Waals surface area contributed by atoms with Crippen LogP contribution in [-0.2, 0) is 14.0 Å². The molecule has 0 atom stereocenters. The van der Waals surface area contributed by atoms with Gasteiger partial charge in [0.25, 0.3) is 0 Å². The van der Waals surface area contributed by atoms with Gasteiger partial charge in [0.1, 0.15) is 0 Å². The second-order valence-electron chi connectivity index (χ2n) is 3.97. The van der Waals surface area contributed by atoms with E-state index < -0.39 is 19.3 Å². The van der Waals surface area contributed by atoms with Gasteiger partial charge in [0.05, 0.1) is 19.4 Å². The molecule has 0 unspecified atom stereocenters. The summed E-state index contributed by atoms with van der Waals surface area (Å²) < 4.78 is 21.9. The van der Waals surface area contributed by atoms with E-state index >= 15 is 0 Å². The minimum atomic E-state index is -4.03. The van der Waals surface area contributed by atoms with Gasteiger partial charge in [0.2, 0.25) is 0 Å². The lowest BCUT2D eigenvalue weighted by molar-refractivity contribution is -0.129. The summed E-state index contributed by atoms with van der Waals surface area (Å²) in [6.45, 7) is 4.83. The molecular weight excluding hydrogens is 219 g/mol. The first-order valence-corrected chi connectivity index (χ1v) is 7.01. The van der Waals surface area contributed by atoms with Crippen LogP contribution in [0.3, 0.4) is 0 Å². The Morgan fingerprint density at radius 2 is 1.73 bits per heavy atom. The van der Waals surface area contributed by atoms with Gasteiger partial charge < -0.3 is 19.3 Å². The molecule has 90 valence electrons. The number of hydrogen-bond donors (Lipinski definition) is 2. The molecule has 0 amide bonds. The zero-order valence-corrected chi connectivity index (χ0v) is 10.1. The summed E-state index contributed by atoms with van der Waals surface area (Å²) in [5, 5.41) is 0. The lowest BCUT2D eigenvalue weighted by atomic mass is 9.83. The molecule has 1 aliphatic heterocycles. The molecule has 0 saturated carbocycles. The molecule has 6 heteroatoms. The lowest BCUT2D eigenvalue weighted by Crippen LogP contribution is -2.38. The highest BCUT2D eigenvalue weighted by Crippen LogP contribution is 2.48. The maximum atomic E-state index is 11.1. The van der Waals surface area contributed by atoms with Crippen LogP contribution in [0.1, 0.15) is 26.7 Å². The molecule has 15 heavy (non-hydrogen) atoms. The van der Waals surface area contributed by atoms with E-state index in [0.29, 0.717) is 26.1 Å². The third-order valence-electron chi connectivity index (χ3n) is 3.05. The smallest absolute Gasteiger partial charge is 0.326 e. The van der Waals surface area contributed by atoms with Crippen molar-refractivity contribution in [2.24, 2.45) is 5.41 Å². The van der Waals surface area contributed by atoms with E-state index in [4.69, 9.17) is 19.3 Å². The monoisotopic (exact) mass is 238 g/mol. The van der Waals surface area contributed by atoms with Gasteiger partial charge in [-0.3, -0.25) is 4.57 Å². The van der Waals surface area contributed by atoms with Gasteiger partial charge in [-0.05, 0) is 12.8 Å². The van der Waals surface area contributed by atoms with Gasteiger partial charge >= 0.3 is 7.60 Å². The maximum Gasteiger partial charge on any atom is 0.326 e. The van der Waals surface area contributed by atoms with Crippen LogP contribution in [0.5, 0.6) is 0 Å². The molecule has 1 heterocycles. The van der Waals surface area contributed by atoms with Crippen molar-refractivity contribution in [2.75, 3.05) is 19.4 Å². The fourth-order valence-electron chi connectivity index (χ4n) is 2.00. The first-order valence-electron chi connectivity index (χ1n) is 5.21. The zero-order valence-electron chi connectivity index (χ0n) is 9.18. The van der Waals surface area contributed by atoms with Crippen LogP contribution >= 0.6 is 7.60 Å². The molecule has 0 bridgehead atoms. The Morgan fingerprint density at radius 1 is 1.27 bits per heavy atom. The highest BCUT2D eigenvalue weighted by Gasteiger charge is 2.44. The largest absolute Gasteiger partial charge is 0.350 e. The molecule has 1 fully saturated rings. The van der Waals surface area contributed by atoms with Crippen LogP contribution in [-0.4, -0.2) is 35.5 Å². The van der Waals surface area contributed by atoms with Crippen molar-refractivity contribution < 1.29 is 23.8 Å². The van der Waals surface area contributed by atoms with Crippen molar-refractivity contribution >= 4 is 7.60 Å². The van der Waals surface area contributed by atoms with Gasteiger partial charge in [-0.25, -0.2) is 0 Å². The molecular formula is C9H19O5P. The summed E-state index contributed by atoms with van der Waals surface area (Å²) >= 11 is 0. The molecule has 1 saturated heterocycles. The third kappa shape index (κ3) is 3.26. The maximum absolute atomic E-state index is 11.1. The summed E-state index contributed by atoms with van der Waals surface area (Å²) in [7, 11) is -4.03. The van der Waals surface area contributed by atoms with E-state index in [0.717, 1.165) is 0 Å². The standard InChI is InChI=1S/C9H19O5P/c1-3-9(4-2,7-15(10,11)12)8-13-5-6-14-8/h8H,3-7H2,1-2H3,(H2,10,11,12). The second-order valence-corrected chi connectivity index (χ2v) is 5.61. The van der Waals surface area contributed by atoms with E-state index in [1.807, 2.05) is 13.8 Å². The van der Waals surface area contributed by atoms with Crippen LogP contribution in [0.4, 0.5) is 0 Å². The Labute approximate surface area is 89.9 Å². The van der Waals surface area contributed by atoms with Crippen molar-refractivity contribution in [2.45, 2.75) is 33.0 Å². The summed E-state index contributed by atoms with van der Waals surface area (Å²) in [5.41, 5.74) is -0.560. The Hall–Kier alpha value is 0.0700. The molecule has 0 aromatic heterocycles. The fraction of sp³-hybridized carbons (Fsp3) is 1.00. The second kappa shape index (κ2) is 4.93. The van der Waals surface area contributed by atoms with Crippen LogP contribution in [0.2, 0.25) is 0 Å². The van der Waals surface area contributed by atoms with Crippen LogP contribution < -0.4 is 0 Å². The Bertz CT molecular complexity index is 239. The summed E-state index contributed by atoms with van der Waals surface area (Å²) in [4.78, 5) is 18.2.